The molecule has 2 rings (SSSR count). The van der Waals surface area contributed by atoms with Crippen LogP contribution in [0.4, 0.5) is 0 Å². The van der Waals surface area contributed by atoms with E-state index < -0.39 is 0 Å². The summed E-state index contributed by atoms with van der Waals surface area (Å²) >= 11 is 1.49. The highest BCUT2D eigenvalue weighted by molar-refractivity contribution is 7.99. The van der Waals surface area contributed by atoms with Gasteiger partial charge in [-0.2, -0.15) is 0 Å². The molecular formula is C17H21N3OS. The van der Waals surface area contributed by atoms with E-state index in [0.29, 0.717) is 5.56 Å². The molecule has 1 aromatic heterocycles. The topological polar surface area (TPSA) is 54.9 Å². The fraction of sp³-hybridized carbons (Fsp3) is 0.353. The second kappa shape index (κ2) is 6.48. The smallest absolute Gasteiger partial charge is 0.251 e. The zero-order valence-electron chi connectivity index (χ0n) is 13.6. The number of aromatic nitrogens is 2. The fourth-order valence-corrected chi connectivity index (χ4v) is 2.52. The van der Waals surface area contributed by atoms with Gasteiger partial charge >= 0.3 is 0 Å². The van der Waals surface area contributed by atoms with Crippen molar-refractivity contribution in [1.29, 1.82) is 0 Å². The molecule has 5 heteroatoms. The number of amides is 1. The van der Waals surface area contributed by atoms with Gasteiger partial charge in [0.05, 0.1) is 0 Å². The standard InChI is InChI=1S/C17H21N3OS/c1-11-10-18-16(19-12(11)2)22-14-8-6-13(7-9-14)15(21)20-17(3,4)5/h6-10H,1-5H3,(H,20,21). The normalized spacial score (nSPS) is 11.3. The van der Waals surface area contributed by atoms with Crippen molar-refractivity contribution in [3.05, 3.63) is 47.3 Å². The minimum absolute atomic E-state index is 0.0634. The molecule has 0 saturated carbocycles. The van der Waals surface area contributed by atoms with Gasteiger partial charge in [-0.15, -0.1) is 0 Å². The molecular weight excluding hydrogens is 294 g/mol. The number of benzene rings is 1. The Kier molecular flexibility index (Phi) is 4.86. The van der Waals surface area contributed by atoms with E-state index in [9.17, 15) is 4.79 Å². The third kappa shape index (κ3) is 4.56. The van der Waals surface area contributed by atoms with Crippen LogP contribution >= 0.6 is 11.8 Å². The Morgan fingerprint density at radius 2 is 1.77 bits per heavy atom. The number of carbonyl (C=O) groups excluding carboxylic acids is 1. The van der Waals surface area contributed by atoms with Crippen LogP contribution in [-0.4, -0.2) is 21.4 Å². The molecule has 0 fully saturated rings. The molecule has 1 heterocycles. The summed E-state index contributed by atoms with van der Waals surface area (Å²) in [5.41, 5.74) is 2.48. The minimum atomic E-state index is -0.238. The molecule has 0 aliphatic heterocycles. The Balaban J connectivity index is 2.08. The van der Waals surface area contributed by atoms with E-state index in [1.807, 2.05) is 65.1 Å². The molecule has 2 aromatic rings. The van der Waals surface area contributed by atoms with Gasteiger partial charge in [0.25, 0.3) is 5.91 Å². The van der Waals surface area contributed by atoms with Crippen LogP contribution in [0.1, 0.15) is 42.4 Å². The Morgan fingerprint density at radius 3 is 2.32 bits per heavy atom. The van der Waals surface area contributed by atoms with E-state index in [-0.39, 0.29) is 11.4 Å². The number of nitrogens with one attached hydrogen (secondary N) is 1. The van der Waals surface area contributed by atoms with E-state index in [1.165, 1.54) is 11.8 Å². The monoisotopic (exact) mass is 315 g/mol. The van der Waals surface area contributed by atoms with Crippen LogP contribution in [0.3, 0.4) is 0 Å². The van der Waals surface area contributed by atoms with Gasteiger partial charge in [-0.05, 0) is 76.2 Å². The predicted molar refractivity (Wildman–Crippen MR) is 89.3 cm³/mol. The Morgan fingerprint density at radius 1 is 1.14 bits per heavy atom. The van der Waals surface area contributed by atoms with Crippen molar-refractivity contribution in [2.45, 2.75) is 50.2 Å². The number of rotatable bonds is 3. The minimum Gasteiger partial charge on any atom is -0.347 e. The third-order valence-corrected chi connectivity index (χ3v) is 3.90. The maximum Gasteiger partial charge on any atom is 0.251 e. The lowest BCUT2D eigenvalue weighted by atomic mass is 10.1. The molecule has 1 amide bonds. The maximum absolute atomic E-state index is 12.1. The zero-order chi connectivity index (χ0) is 16.3. The number of aryl methyl sites for hydroxylation is 2. The summed E-state index contributed by atoms with van der Waals surface area (Å²) in [4.78, 5) is 21.8. The van der Waals surface area contributed by atoms with Gasteiger partial charge in [0.15, 0.2) is 5.16 Å². The van der Waals surface area contributed by atoms with Crippen molar-refractivity contribution < 1.29 is 4.79 Å². The highest BCUT2D eigenvalue weighted by atomic mass is 32.2. The van der Waals surface area contributed by atoms with Gasteiger partial charge in [-0.3, -0.25) is 4.79 Å². The summed E-state index contributed by atoms with van der Waals surface area (Å²) in [6, 6.07) is 7.48. The van der Waals surface area contributed by atoms with Gasteiger partial charge in [0.2, 0.25) is 0 Å². The average molecular weight is 315 g/mol. The van der Waals surface area contributed by atoms with E-state index in [1.54, 1.807) is 0 Å². The van der Waals surface area contributed by atoms with E-state index in [4.69, 9.17) is 0 Å². The Hall–Kier alpha value is -1.88. The average Bonchev–Trinajstić information content (AvgIpc) is 2.42. The summed E-state index contributed by atoms with van der Waals surface area (Å²) in [5, 5.41) is 3.67. The van der Waals surface area contributed by atoms with Crippen molar-refractivity contribution in [3.63, 3.8) is 0 Å². The molecule has 0 atom stereocenters. The highest BCUT2D eigenvalue weighted by Crippen LogP contribution is 2.25. The van der Waals surface area contributed by atoms with Crippen molar-refractivity contribution in [2.24, 2.45) is 0 Å². The summed E-state index contributed by atoms with van der Waals surface area (Å²) in [6.45, 7) is 9.86. The second-order valence-electron chi connectivity index (χ2n) is 6.25. The molecule has 0 aliphatic carbocycles. The summed E-state index contributed by atoms with van der Waals surface area (Å²) in [5.74, 6) is -0.0634. The molecule has 0 radical (unpaired) electrons. The summed E-state index contributed by atoms with van der Waals surface area (Å²) < 4.78 is 0. The first-order valence-corrected chi connectivity index (χ1v) is 7.97. The lowest BCUT2D eigenvalue weighted by Gasteiger charge is -2.20. The molecule has 22 heavy (non-hydrogen) atoms. The second-order valence-corrected chi connectivity index (χ2v) is 7.29. The number of nitrogens with zero attached hydrogens (tertiary/aromatic N) is 2. The molecule has 0 spiro atoms. The number of hydrogen-bond donors (Lipinski definition) is 1. The van der Waals surface area contributed by atoms with Crippen LogP contribution in [0, 0.1) is 13.8 Å². The van der Waals surface area contributed by atoms with E-state index >= 15 is 0 Å². The number of carbonyl (C=O) groups is 1. The largest absolute Gasteiger partial charge is 0.347 e. The third-order valence-electron chi connectivity index (χ3n) is 3.02. The van der Waals surface area contributed by atoms with Gasteiger partial charge in [-0.25, -0.2) is 9.97 Å². The van der Waals surface area contributed by atoms with Crippen LogP contribution < -0.4 is 5.32 Å². The Bertz CT molecular complexity index is 675. The molecule has 4 nitrogen and oxygen atoms in total. The van der Waals surface area contributed by atoms with Crippen molar-refractivity contribution >= 4 is 17.7 Å². The van der Waals surface area contributed by atoms with Gasteiger partial charge in [-0.1, -0.05) is 0 Å². The van der Waals surface area contributed by atoms with Crippen LogP contribution in [-0.2, 0) is 0 Å². The van der Waals surface area contributed by atoms with Crippen molar-refractivity contribution in [2.75, 3.05) is 0 Å². The SMILES string of the molecule is Cc1cnc(Sc2ccc(C(=O)NC(C)(C)C)cc2)nc1C. The molecule has 0 bridgehead atoms. The lowest BCUT2D eigenvalue weighted by Crippen LogP contribution is -2.40. The van der Waals surface area contributed by atoms with Crippen molar-refractivity contribution in [1.82, 2.24) is 15.3 Å². The highest BCUT2D eigenvalue weighted by Gasteiger charge is 2.15. The van der Waals surface area contributed by atoms with Crippen LogP contribution in [0.2, 0.25) is 0 Å². The maximum atomic E-state index is 12.1. The van der Waals surface area contributed by atoms with Gasteiger partial charge < -0.3 is 5.32 Å². The molecule has 0 saturated heterocycles. The fourth-order valence-electron chi connectivity index (χ4n) is 1.75. The molecule has 116 valence electrons. The lowest BCUT2D eigenvalue weighted by molar-refractivity contribution is 0.0919. The molecule has 0 unspecified atom stereocenters. The van der Waals surface area contributed by atoms with E-state index in [2.05, 4.69) is 15.3 Å². The van der Waals surface area contributed by atoms with Gasteiger partial charge in [0.1, 0.15) is 0 Å². The van der Waals surface area contributed by atoms with Crippen LogP contribution in [0.5, 0.6) is 0 Å². The molecule has 1 N–H and O–H groups in total. The first-order valence-electron chi connectivity index (χ1n) is 7.15. The van der Waals surface area contributed by atoms with Crippen LogP contribution in [0.15, 0.2) is 40.5 Å². The quantitative estimate of drug-likeness (QED) is 0.876. The van der Waals surface area contributed by atoms with Crippen molar-refractivity contribution in [3.8, 4) is 0 Å². The number of hydrogen-bond acceptors (Lipinski definition) is 4. The zero-order valence-corrected chi connectivity index (χ0v) is 14.4. The van der Waals surface area contributed by atoms with E-state index in [0.717, 1.165) is 21.3 Å². The van der Waals surface area contributed by atoms with Crippen LogP contribution in [0.25, 0.3) is 0 Å². The summed E-state index contributed by atoms with van der Waals surface area (Å²) in [7, 11) is 0. The molecule has 1 aromatic carbocycles. The van der Waals surface area contributed by atoms with Gasteiger partial charge in [0, 0.05) is 27.9 Å². The summed E-state index contributed by atoms with van der Waals surface area (Å²) in [6.07, 6.45) is 1.83. The first-order chi connectivity index (χ1) is 10.2. The predicted octanol–water partition coefficient (Wildman–Crippen LogP) is 3.77. The first kappa shape index (κ1) is 16.5. The molecule has 0 aliphatic rings. The Labute approximate surface area is 135 Å².